The van der Waals surface area contributed by atoms with Crippen LogP contribution in [0.5, 0.6) is 0 Å². The first kappa shape index (κ1) is 21.1. The van der Waals surface area contributed by atoms with E-state index in [1.165, 1.54) is 47.4 Å². The van der Waals surface area contributed by atoms with Crippen LogP contribution in [0.1, 0.15) is 21.8 Å². The Hall–Kier alpha value is -3.78. The van der Waals surface area contributed by atoms with E-state index in [9.17, 15) is 23.5 Å². The fraction of sp³-hybridized carbons (Fsp3) is 0.200. The normalized spacial score (nSPS) is 21.0. The summed E-state index contributed by atoms with van der Waals surface area (Å²) < 4.78 is 27.4. The topological polar surface area (TPSA) is 72.9 Å². The number of carbonyl (C=O) groups excluding carboxylic acids is 2. The number of benzene rings is 3. The summed E-state index contributed by atoms with van der Waals surface area (Å²) in [5.41, 5.74) is 1.84. The number of fused-ring (bicyclic) bond motifs is 3. The summed E-state index contributed by atoms with van der Waals surface area (Å²) in [5.74, 6) is -1.50. The molecule has 33 heavy (non-hydrogen) atoms. The lowest BCUT2D eigenvalue weighted by Crippen LogP contribution is -2.71. The van der Waals surface area contributed by atoms with Gasteiger partial charge in [-0.3, -0.25) is 9.69 Å². The molecule has 2 heterocycles. The van der Waals surface area contributed by atoms with Gasteiger partial charge in [0.25, 0.3) is 5.91 Å². The molecule has 3 aromatic carbocycles. The van der Waals surface area contributed by atoms with Crippen LogP contribution in [0.15, 0.2) is 72.8 Å². The van der Waals surface area contributed by atoms with E-state index in [-0.39, 0.29) is 36.7 Å². The van der Waals surface area contributed by atoms with Crippen LogP contribution in [0.3, 0.4) is 0 Å². The number of nitrogens with one attached hydrogen (secondary N) is 1. The summed E-state index contributed by atoms with van der Waals surface area (Å²) in [4.78, 5) is 29.4. The van der Waals surface area contributed by atoms with Crippen LogP contribution in [0, 0.1) is 11.6 Å². The van der Waals surface area contributed by atoms with E-state index >= 15 is 0 Å². The van der Waals surface area contributed by atoms with Gasteiger partial charge < -0.3 is 15.3 Å². The molecule has 0 spiro atoms. The van der Waals surface area contributed by atoms with Gasteiger partial charge in [0.1, 0.15) is 11.6 Å². The van der Waals surface area contributed by atoms with Crippen LogP contribution in [0.2, 0.25) is 0 Å². The summed E-state index contributed by atoms with van der Waals surface area (Å²) in [7, 11) is 0. The molecule has 0 saturated carbocycles. The van der Waals surface area contributed by atoms with E-state index < -0.39 is 23.7 Å². The van der Waals surface area contributed by atoms with Crippen LogP contribution in [-0.4, -0.2) is 47.2 Å². The highest BCUT2D eigenvalue weighted by Crippen LogP contribution is 2.48. The van der Waals surface area contributed by atoms with Gasteiger partial charge in [0.05, 0.1) is 24.4 Å². The molecule has 2 aliphatic rings. The van der Waals surface area contributed by atoms with Crippen molar-refractivity contribution in [3.63, 3.8) is 0 Å². The lowest BCUT2D eigenvalue weighted by molar-refractivity contribution is -0.0241. The zero-order chi connectivity index (χ0) is 23.1. The number of aliphatic hydroxyl groups excluding tert-OH is 1. The number of aliphatic hydroxyl groups is 1. The molecule has 0 aliphatic carbocycles. The third-order valence-electron chi connectivity index (χ3n) is 6.37. The Kier molecular flexibility index (Phi) is 5.30. The first-order chi connectivity index (χ1) is 16.0. The highest BCUT2D eigenvalue weighted by atomic mass is 19.1. The van der Waals surface area contributed by atoms with Crippen molar-refractivity contribution in [3.8, 4) is 0 Å². The molecule has 1 fully saturated rings. The highest BCUT2D eigenvalue weighted by Gasteiger charge is 2.55. The zero-order valence-electron chi connectivity index (χ0n) is 17.5. The van der Waals surface area contributed by atoms with Crippen LogP contribution in [-0.2, 0) is 0 Å². The smallest absolute Gasteiger partial charge is 0.326 e. The quantitative estimate of drug-likeness (QED) is 0.635. The molecule has 0 aromatic heterocycles. The third kappa shape index (κ3) is 3.52. The van der Waals surface area contributed by atoms with E-state index in [1.807, 2.05) is 12.1 Å². The number of halogens is 2. The van der Waals surface area contributed by atoms with Gasteiger partial charge in [0.2, 0.25) is 0 Å². The van der Waals surface area contributed by atoms with Gasteiger partial charge in [-0.2, -0.15) is 0 Å². The van der Waals surface area contributed by atoms with Gasteiger partial charge in [0, 0.05) is 23.7 Å². The van der Waals surface area contributed by atoms with Crippen molar-refractivity contribution in [1.29, 1.82) is 0 Å². The number of nitrogens with zero attached hydrogens (tertiary/aromatic N) is 2. The van der Waals surface area contributed by atoms with Crippen LogP contribution < -0.4 is 10.2 Å². The number of para-hydroxylation sites is 2. The van der Waals surface area contributed by atoms with Crippen molar-refractivity contribution in [2.75, 3.05) is 23.4 Å². The zero-order valence-corrected chi connectivity index (χ0v) is 17.5. The predicted octanol–water partition coefficient (Wildman–Crippen LogP) is 3.99. The Balaban J connectivity index is 1.47. The fourth-order valence-electron chi connectivity index (χ4n) is 4.85. The summed E-state index contributed by atoms with van der Waals surface area (Å²) in [6, 6.07) is 17.1. The second-order valence-corrected chi connectivity index (χ2v) is 8.14. The number of rotatable bonds is 3. The molecule has 3 atom stereocenters. The molecule has 168 valence electrons. The molecule has 6 nitrogen and oxygen atoms in total. The molecule has 2 N–H and O–H groups in total. The van der Waals surface area contributed by atoms with E-state index in [4.69, 9.17) is 0 Å². The second kappa shape index (κ2) is 8.29. The van der Waals surface area contributed by atoms with Gasteiger partial charge in [-0.1, -0.05) is 30.3 Å². The minimum Gasteiger partial charge on any atom is -0.394 e. The van der Waals surface area contributed by atoms with Crippen molar-refractivity contribution in [2.45, 2.75) is 18.0 Å². The van der Waals surface area contributed by atoms with Crippen molar-refractivity contribution in [1.82, 2.24) is 4.90 Å². The molecule has 2 aliphatic heterocycles. The molecule has 3 aromatic rings. The van der Waals surface area contributed by atoms with Gasteiger partial charge in [0.15, 0.2) is 0 Å². The van der Waals surface area contributed by atoms with Crippen LogP contribution >= 0.6 is 0 Å². The number of hydrogen-bond donors (Lipinski definition) is 2. The number of likely N-dealkylation sites (tertiary alicyclic amines) is 1. The van der Waals surface area contributed by atoms with Gasteiger partial charge in [-0.05, 0) is 48.0 Å². The lowest BCUT2D eigenvalue weighted by Gasteiger charge is -2.58. The Morgan fingerprint density at radius 3 is 2.39 bits per heavy atom. The van der Waals surface area contributed by atoms with E-state index in [0.29, 0.717) is 11.3 Å². The number of amides is 3. The average Bonchev–Trinajstić information content (AvgIpc) is 2.81. The highest BCUT2D eigenvalue weighted by molar-refractivity contribution is 6.03. The van der Waals surface area contributed by atoms with Crippen molar-refractivity contribution in [2.24, 2.45) is 0 Å². The predicted molar refractivity (Wildman–Crippen MR) is 119 cm³/mol. The largest absolute Gasteiger partial charge is 0.394 e. The number of anilines is 2. The standard InChI is InChI=1S/C25H21F2N3O3/c26-16-11-9-15(10-12-16)24(32)30-21-13-29(25(33)28-19-7-3-2-6-18(19)27)20-8-4-1-5-17(20)23(21)22(30)14-31/h1-12,21-23,31H,13-14H2,(H,28,33)/t21-,22-,23+/m0/s1. The SMILES string of the molecule is O=C(Nc1ccccc1F)N1C[C@H]2[C@@H](c3ccccc31)[C@H](CO)N2C(=O)c1ccc(F)cc1. The Morgan fingerprint density at radius 2 is 1.67 bits per heavy atom. The monoisotopic (exact) mass is 449 g/mol. The molecule has 0 unspecified atom stereocenters. The van der Waals surface area contributed by atoms with Crippen LogP contribution in [0.4, 0.5) is 25.0 Å². The van der Waals surface area contributed by atoms with Crippen molar-refractivity contribution in [3.05, 3.63) is 95.6 Å². The number of hydrogen-bond acceptors (Lipinski definition) is 3. The lowest BCUT2D eigenvalue weighted by atomic mass is 9.71. The van der Waals surface area contributed by atoms with Crippen LogP contribution in [0.25, 0.3) is 0 Å². The fourth-order valence-corrected chi connectivity index (χ4v) is 4.85. The Labute approximate surface area is 189 Å². The Bertz CT molecular complexity index is 1220. The number of carbonyl (C=O) groups is 2. The van der Waals surface area contributed by atoms with Crippen molar-refractivity contribution < 1.29 is 23.5 Å². The molecule has 5 rings (SSSR count). The summed E-state index contributed by atoms with van der Waals surface area (Å²) in [6.45, 7) is -0.0741. The molecule has 8 heteroatoms. The first-order valence-electron chi connectivity index (χ1n) is 10.6. The van der Waals surface area contributed by atoms with Crippen molar-refractivity contribution >= 4 is 23.3 Å². The summed E-state index contributed by atoms with van der Waals surface area (Å²) in [6.07, 6.45) is 0. The number of urea groups is 1. The molecule has 0 bridgehead atoms. The summed E-state index contributed by atoms with van der Waals surface area (Å²) >= 11 is 0. The first-order valence-corrected chi connectivity index (χ1v) is 10.6. The summed E-state index contributed by atoms with van der Waals surface area (Å²) in [5, 5.41) is 12.7. The maximum absolute atomic E-state index is 14.1. The van der Waals surface area contributed by atoms with Gasteiger partial charge in [-0.15, -0.1) is 0 Å². The van der Waals surface area contributed by atoms with Gasteiger partial charge in [-0.25, -0.2) is 13.6 Å². The molecule has 0 radical (unpaired) electrons. The molecular weight excluding hydrogens is 428 g/mol. The second-order valence-electron chi connectivity index (χ2n) is 8.14. The minimum absolute atomic E-state index is 0.0585. The maximum Gasteiger partial charge on any atom is 0.326 e. The molecular formula is C25H21F2N3O3. The minimum atomic E-state index is -0.550. The van der Waals surface area contributed by atoms with Gasteiger partial charge >= 0.3 is 6.03 Å². The van der Waals surface area contributed by atoms with E-state index in [2.05, 4.69) is 5.32 Å². The average molecular weight is 449 g/mol. The van der Waals surface area contributed by atoms with E-state index in [1.54, 1.807) is 23.1 Å². The van der Waals surface area contributed by atoms with E-state index in [0.717, 1.165) is 5.56 Å². The third-order valence-corrected chi connectivity index (χ3v) is 6.37. The Morgan fingerprint density at radius 1 is 0.970 bits per heavy atom. The molecule has 3 amide bonds. The molecule has 1 saturated heterocycles. The maximum atomic E-state index is 14.1.